The smallest absolute Gasteiger partial charge is 0.260 e. The Morgan fingerprint density at radius 2 is 1.58 bits per heavy atom. The first-order valence-corrected chi connectivity index (χ1v) is 7.67. The summed E-state index contributed by atoms with van der Waals surface area (Å²) in [7, 11) is 0. The predicted octanol–water partition coefficient (Wildman–Crippen LogP) is 3.30. The van der Waals surface area contributed by atoms with Crippen LogP contribution in [0.1, 0.15) is 23.7 Å². The molecule has 0 saturated carbocycles. The molecule has 0 unspecified atom stereocenters. The number of nitrogens with one attached hydrogen (secondary N) is 3. The van der Waals surface area contributed by atoms with Gasteiger partial charge in [0.1, 0.15) is 5.82 Å². The molecule has 0 radical (unpaired) electrons. The SMILES string of the molecule is CCC(=O)Nc1ccc(NC(=S)NC(=O)c2ccccc2F)cc1. The minimum Gasteiger partial charge on any atom is -0.332 e. The molecule has 0 aliphatic heterocycles. The third kappa shape index (κ3) is 4.85. The molecule has 124 valence electrons. The minimum absolute atomic E-state index is 0.0496. The normalized spacial score (nSPS) is 9.92. The highest BCUT2D eigenvalue weighted by atomic mass is 32.1. The van der Waals surface area contributed by atoms with E-state index >= 15 is 0 Å². The van der Waals surface area contributed by atoms with Gasteiger partial charge in [-0.15, -0.1) is 0 Å². The van der Waals surface area contributed by atoms with Gasteiger partial charge in [-0.3, -0.25) is 14.9 Å². The maximum atomic E-state index is 13.5. The van der Waals surface area contributed by atoms with E-state index in [0.717, 1.165) is 0 Å². The van der Waals surface area contributed by atoms with Gasteiger partial charge in [0.05, 0.1) is 5.56 Å². The zero-order valence-corrected chi connectivity index (χ0v) is 13.7. The van der Waals surface area contributed by atoms with Crippen molar-refractivity contribution in [2.24, 2.45) is 0 Å². The summed E-state index contributed by atoms with van der Waals surface area (Å²) in [6.07, 6.45) is 0.395. The van der Waals surface area contributed by atoms with Gasteiger partial charge >= 0.3 is 0 Å². The van der Waals surface area contributed by atoms with Crippen LogP contribution in [0.25, 0.3) is 0 Å². The summed E-state index contributed by atoms with van der Waals surface area (Å²) in [6, 6.07) is 12.5. The lowest BCUT2D eigenvalue weighted by Gasteiger charge is -2.11. The van der Waals surface area contributed by atoms with E-state index in [1.165, 1.54) is 18.2 Å². The van der Waals surface area contributed by atoms with E-state index in [1.807, 2.05) is 0 Å². The van der Waals surface area contributed by atoms with Crippen LogP contribution in [0, 0.1) is 5.82 Å². The van der Waals surface area contributed by atoms with Crippen molar-refractivity contribution in [3.8, 4) is 0 Å². The summed E-state index contributed by atoms with van der Waals surface area (Å²) in [4.78, 5) is 23.3. The van der Waals surface area contributed by atoms with Crippen molar-refractivity contribution >= 4 is 40.5 Å². The third-order valence-corrected chi connectivity index (χ3v) is 3.30. The molecule has 5 nitrogen and oxygen atoms in total. The van der Waals surface area contributed by atoms with Gasteiger partial charge in [-0.25, -0.2) is 4.39 Å². The molecule has 2 aromatic rings. The van der Waals surface area contributed by atoms with E-state index in [-0.39, 0.29) is 16.6 Å². The number of benzene rings is 2. The van der Waals surface area contributed by atoms with Gasteiger partial charge in [0.2, 0.25) is 5.91 Å². The Morgan fingerprint density at radius 3 is 2.17 bits per heavy atom. The molecular weight excluding hydrogens is 329 g/mol. The van der Waals surface area contributed by atoms with Gasteiger partial charge in [-0.05, 0) is 48.6 Å². The van der Waals surface area contributed by atoms with Gasteiger partial charge in [0, 0.05) is 17.8 Å². The minimum atomic E-state index is -0.627. The first-order valence-electron chi connectivity index (χ1n) is 7.26. The van der Waals surface area contributed by atoms with Crippen LogP contribution in [0.3, 0.4) is 0 Å². The van der Waals surface area contributed by atoms with E-state index in [1.54, 1.807) is 37.3 Å². The number of halogens is 1. The summed E-state index contributed by atoms with van der Waals surface area (Å²) >= 11 is 5.04. The van der Waals surface area contributed by atoms with Crippen LogP contribution in [-0.4, -0.2) is 16.9 Å². The Labute approximate surface area is 144 Å². The highest BCUT2D eigenvalue weighted by Crippen LogP contribution is 2.14. The van der Waals surface area contributed by atoms with Crippen LogP contribution in [0.5, 0.6) is 0 Å². The van der Waals surface area contributed by atoms with Gasteiger partial charge in [-0.1, -0.05) is 19.1 Å². The highest BCUT2D eigenvalue weighted by Gasteiger charge is 2.12. The Balaban J connectivity index is 1.94. The van der Waals surface area contributed by atoms with E-state index in [2.05, 4.69) is 16.0 Å². The van der Waals surface area contributed by atoms with E-state index in [0.29, 0.717) is 17.8 Å². The molecule has 0 aliphatic carbocycles. The summed E-state index contributed by atoms with van der Waals surface area (Å²) in [5, 5.41) is 8.00. The molecule has 2 rings (SSSR count). The molecule has 3 N–H and O–H groups in total. The third-order valence-electron chi connectivity index (χ3n) is 3.09. The summed E-state index contributed by atoms with van der Waals surface area (Å²) in [5.74, 6) is -1.32. The van der Waals surface area contributed by atoms with Crippen LogP contribution in [0.4, 0.5) is 15.8 Å². The molecular formula is C17H16FN3O2S. The van der Waals surface area contributed by atoms with Gasteiger partial charge in [0.25, 0.3) is 5.91 Å². The molecule has 7 heteroatoms. The molecule has 0 fully saturated rings. The molecule has 0 bridgehead atoms. The van der Waals surface area contributed by atoms with Crippen molar-refractivity contribution in [1.29, 1.82) is 0 Å². The number of hydrogen-bond donors (Lipinski definition) is 3. The fraction of sp³-hybridized carbons (Fsp3) is 0.118. The Hall–Kier alpha value is -2.80. The second kappa shape index (κ2) is 8.16. The van der Waals surface area contributed by atoms with Crippen molar-refractivity contribution in [1.82, 2.24) is 5.32 Å². The lowest BCUT2D eigenvalue weighted by molar-refractivity contribution is -0.115. The molecule has 2 amide bonds. The number of carbonyl (C=O) groups excluding carboxylic acids is 2. The maximum Gasteiger partial charge on any atom is 0.260 e. The molecule has 0 atom stereocenters. The average Bonchev–Trinajstić information content (AvgIpc) is 2.56. The van der Waals surface area contributed by atoms with Crippen molar-refractivity contribution in [3.63, 3.8) is 0 Å². The topological polar surface area (TPSA) is 70.2 Å². The standard InChI is InChI=1S/C17H16FN3O2S/c1-2-15(22)19-11-7-9-12(10-8-11)20-17(24)21-16(23)13-5-3-4-6-14(13)18/h3-10H,2H2,1H3,(H,19,22)(H2,20,21,23,24). The van der Waals surface area contributed by atoms with Crippen LogP contribution in [0.2, 0.25) is 0 Å². The quantitative estimate of drug-likeness (QED) is 0.744. The summed E-state index contributed by atoms with van der Waals surface area (Å²) in [5.41, 5.74) is 1.20. The Morgan fingerprint density at radius 1 is 1.00 bits per heavy atom. The predicted molar refractivity (Wildman–Crippen MR) is 95.4 cm³/mol. The highest BCUT2D eigenvalue weighted by molar-refractivity contribution is 7.80. The van der Waals surface area contributed by atoms with Crippen molar-refractivity contribution in [2.75, 3.05) is 10.6 Å². The number of thiocarbonyl (C=S) groups is 1. The maximum absolute atomic E-state index is 13.5. The number of anilines is 2. The molecule has 0 aromatic heterocycles. The van der Waals surface area contributed by atoms with Crippen LogP contribution in [0.15, 0.2) is 48.5 Å². The molecule has 0 saturated heterocycles. The summed E-state index contributed by atoms with van der Waals surface area (Å²) in [6.45, 7) is 1.77. The zero-order chi connectivity index (χ0) is 17.5. The fourth-order valence-electron chi connectivity index (χ4n) is 1.86. The number of carbonyl (C=O) groups is 2. The first kappa shape index (κ1) is 17.6. The Bertz CT molecular complexity index is 763. The first-order chi connectivity index (χ1) is 11.5. The van der Waals surface area contributed by atoms with Crippen molar-refractivity contribution < 1.29 is 14.0 Å². The van der Waals surface area contributed by atoms with Crippen molar-refractivity contribution in [3.05, 3.63) is 59.9 Å². The van der Waals surface area contributed by atoms with Gasteiger partial charge in [0.15, 0.2) is 5.11 Å². The molecule has 2 aromatic carbocycles. The largest absolute Gasteiger partial charge is 0.332 e. The average molecular weight is 345 g/mol. The van der Waals surface area contributed by atoms with Crippen LogP contribution < -0.4 is 16.0 Å². The van der Waals surface area contributed by atoms with Crippen LogP contribution >= 0.6 is 12.2 Å². The van der Waals surface area contributed by atoms with Crippen LogP contribution in [-0.2, 0) is 4.79 Å². The number of hydrogen-bond acceptors (Lipinski definition) is 3. The number of amides is 2. The second-order valence-electron chi connectivity index (χ2n) is 4.87. The van der Waals surface area contributed by atoms with Gasteiger partial charge < -0.3 is 10.6 Å². The van der Waals surface area contributed by atoms with Crippen molar-refractivity contribution in [2.45, 2.75) is 13.3 Å². The zero-order valence-electron chi connectivity index (χ0n) is 12.9. The molecule has 0 spiro atoms. The molecule has 0 aliphatic rings. The molecule has 24 heavy (non-hydrogen) atoms. The molecule has 0 heterocycles. The lowest BCUT2D eigenvalue weighted by atomic mass is 10.2. The lowest BCUT2D eigenvalue weighted by Crippen LogP contribution is -2.34. The number of rotatable bonds is 4. The fourth-order valence-corrected chi connectivity index (χ4v) is 2.07. The second-order valence-corrected chi connectivity index (χ2v) is 5.28. The monoisotopic (exact) mass is 345 g/mol. The van der Waals surface area contributed by atoms with E-state index in [9.17, 15) is 14.0 Å². The van der Waals surface area contributed by atoms with Gasteiger partial charge in [-0.2, -0.15) is 0 Å². The Kier molecular flexibility index (Phi) is 5.97. The van der Waals surface area contributed by atoms with E-state index in [4.69, 9.17) is 12.2 Å². The van der Waals surface area contributed by atoms with E-state index < -0.39 is 11.7 Å². The summed E-state index contributed by atoms with van der Waals surface area (Å²) < 4.78 is 13.5.